The molecular formula is C20H35NO7Si. The number of aliphatic hydroxyl groups excluding tert-OH is 1. The highest BCUT2D eigenvalue weighted by molar-refractivity contribution is 6.74. The summed E-state index contributed by atoms with van der Waals surface area (Å²) in [5.41, 5.74) is -0.418. The van der Waals surface area contributed by atoms with Crippen LogP contribution in [0.25, 0.3) is 0 Å². The Labute approximate surface area is 174 Å². The largest absolute Gasteiger partial charge is 0.512 e. The number of hydrogen-bond acceptors (Lipinski definition) is 8. The number of esters is 1. The molecule has 2 aliphatic rings. The molecule has 2 rings (SSSR count). The van der Waals surface area contributed by atoms with E-state index in [1.165, 1.54) is 14.0 Å². The van der Waals surface area contributed by atoms with Crippen molar-refractivity contribution in [2.45, 2.75) is 89.9 Å². The minimum Gasteiger partial charge on any atom is -0.512 e. The van der Waals surface area contributed by atoms with Gasteiger partial charge in [0.1, 0.15) is 35.7 Å². The SMILES string of the molecule is COC(=O)/C(C(=N)[C@@H]1O[C@H](CO[Si](C)(C)C(C)(C)C)[C@H]2OC(C)(C)O[C@H]21)=C(/C)O. The van der Waals surface area contributed by atoms with E-state index in [0.29, 0.717) is 6.61 Å². The zero-order chi connectivity index (χ0) is 22.4. The number of carbonyl (C=O) groups excluding carboxylic acids is 1. The lowest BCUT2D eigenvalue weighted by molar-refractivity contribution is -0.182. The first-order chi connectivity index (χ1) is 13.1. The molecule has 9 heteroatoms. The molecule has 0 aromatic rings. The van der Waals surface area contributed by atoms with E-state index >= 15 is 0 Å². The average molecular weight is 430 g/mol. The molecule has 0 spiro atoms. The Morgan fingerprint density at radius 2 is 1.76 bits per heavy atom. The Hall–Kier alpha value is -1.26. The number of rotatable bonds is 6. The van der Waals surface area contributed by atoms with Crippen molar-refractivity contribution in [2.24, 2.45) is 0 Å². The van der Waals surface area contributed by atoms with Gasteiger partial charge in [0.05, 0.1) is 19.4 Å². The molecule has 29 heavy (non-hydrogen) atoms. The Morgan fingerprint density at radius 3 is 2.24 bits per heavy atom. The first-order valence-corrected chi connectivity index (χ1v) is 12.7. The third kappa shape index (κ3) is 4.91. The second-order valence-electron chi connectivity index (χ2n) is 9.60. The lowest BCUT2D eigenvalue weighted by atomic mass is 9.98. The monoisotopic (exact) mass is 429 g/mol. The van der Waals surface area contributed by atoms with Crippen molar-refractivity contribution in [2.75, 3.05) is 13.7 Å². The Bertz CT molecular complexity index is 691. The van der Waals surface area contributed by atoms with Gasteiger partial charge < -0.3 is 33.9 Å². The number of carbonyl (C=O) groups is 1. The van der Waals surface area contributed by atoms with Crippen LogP contribution in [0.4, 0.5) is 0 Å². The Morgan fingerprint density at radius 1 is 1.21 bits per heavy atom. The van der Waals surface area contributed by atoms with Crippen LogP contribution in [0, 0.1) is 5.41 Å². The van der Waals surface area contributed by atoms with Crippen molar-refractivity contribution in [3.63, 3.8) is 0 Å². The van der Waals surface area contributed by atoms with Gasteiger partial charge >= 0.3 is 5.97 Å². The van der Waals surface area contributed by atoms with Gasteiger partial charge in [0.2, 0.25) is 0 Å². The standard InChI is InChI=1S/C20H35NO7Si/c1-11(22)13(18(23)24-7)14(21)16-17-15(27-20(5,6)28-17)12(26-16)10-25-29(8,9)19(2,3)4/h12,15-17,21-22H,10H2,1-9H3/b13-11-,21-14?/t12-,15-,16+,17-/m1/s1. The van der Waals surface area contributed by atoms with E-state index in [-0.39, 0.29) is 22.1 Å². The number of ether oxygens (including phenoxy) is 4. The molecule has 4 atom stereocenters. The van der Waals surface area contributed by atoms with Gasteiger partial charge in [-0.05, 0) is 38.9 Å². The summed E-state index contributed by atoms with van der Waals surface area (Å²) in [6.07, 6.45) is -2.38. The minimum atomic E-state index is -2.02. The highest BCUT2D eigenvalue weighted by atomic mass is 28.4. The maximum absolute atomic E-state index is 12.1. The minimum absolute atomic E-state index is 0.0399. The number of methoxy groups -OCH3 is 1. The van der Waals surface area contributed by atoms with Gasteiger partial charge in [-0.15, -0.1) is 0 Å². The molecule has 166 valence electrons. The highest BCUT2D eigenvalue weighted by Gasteiger charge is 2.57. The summed E-state index contributed by atoms with van der Waals surface area (Å²) in [6, 6.07) is 0. The normalized spacial score (nSPS) is 30.0. The lowest BCUT2D eigenvalue weighted by Gasteiger charge is -2.37. The molecule has 2 N–H and O–H groups in total. The molecule has 0 aromatic carbocycles. The number of allylic oxidation sites excluding steroid dienone is 1. The highest BCUT2D eigenvalue weighted by Crippen LogP contribution is 2.42. The Balaban J connectivity index is 2.27. The smallest absolute Gasteiger partial charge is 0.343 e. The molecule has 0 saturated carbocycles. The van der Waals surface area contributed by atoms with Crippen molar-refractivity contribution >= 4 is 20.0 Å². The van der Waals surface area contributed by atoms with Crippen LogP contribution >= 0.6 is 0 Å². The van der Waals surface area contributed by atoms with Crippen molar-refractivity contribution in [1.29, 1.82) is 5.41 Å². The average Bonchev–Trinajstić information content (AvgIpc) is 3.04. The molecule has 0 aromatic heterocycles. The number of fused-ring (bicyclic) bond motifs is 1. The summed E-state index contributed by atoms with van der Waals surface area (Å²) in [4.78, 5) is 12.1. The van der Waals surface area contributed by atoms with Crippen LogP contribution in [0.15, 0.2) is 11.3 Å². The van der Waals surface area contributed by atoms with Crippen LogP contribution in [0.2, 0.25) is 18.1 Å². The van der Waals surface area contributed by atoms with Crippen LogP contribution in [-0.2, 0) is 28.2 Å². The van der Waals surface area contributed by atoms with Gasteiger partial charge in [-0.2, -0.15) is 0 Å². The predicted molar refractivity (Wildman–Crippen MR) is 111 cm³/mol. The number of nitrogens with one attached hydrogen (secondary N) is 1. The Kier molecular flexibility index (Phi) is 6.71. The maximum Gasteiger partial charge on any atom is 0.343 e. The van der Waals surface area contributed by atoms with Crippen molar-refractivity contribution in [3.8, 4) is 0 Å². The molecule has 0 aliphatic carbocycles. The van der Waals surface area contributed by atoms with E-state index in [9.17, 15) is 9.90 Å². The summed E-state index contributed by atoms with van der Waals surface area (Å²) in [7, 11) is -0.819. The van der Waals surface area contributed by atoms with E-state index in [4.69, 9.17) is 28.8 Å². The summed E-state index contributed by atoms with van der Waals surface area (Å²) >= 11 is 0. The lowest BCUT2D eigenvalue weighted by Crippen LogP contribution is -2.44. The molecule has 2 fully saturated rings. The summed E-state index contributed by atoms with van der Waals surface area (Å²) in [6.45, 7) is 16.0. The van der Waals surface area contributed by atoms with E-state index in [2.05, 4.69) is 33.9 Å². The van der Waals surface area contributed by atoms with Crippen molar-refractivity contribution in [1.82, 2.24) is 0 Å². The molecule has 0 unspecified atom stereocenters. The zero-order valence-electron chi connectivity index (χ0n) is 18.9. The fourth-order valence-electron chi connectivity index (χ4n) is 3.25. The molecule has 0 amide bonds. The molecule has 0 radical (unpaired) electrons. The summed E-state index contributed by atoms with van der Waals surface area (Å²) in [5.74, 6) is -1.95. The third-order valence-corrected chi connectivity index (χ3v) is 10.4. The van der Waals surface area contributed by atoms with Crippen LogP contribution in [-0.4, -0.2) is 69.0 Å². The number of hydrogen-bond donors (Lipinski definition) is 2. The van der Waals surface area contributed by atoms with Crippen LogP contribution < -0.4 is 0 Å². The van der Waals surface area contributed by atoms with E-state index in [0.717, 1.165) is 0 Å². The van der Waals surface area contributed by atoms with Gasteiger partial charge in [-0.25, -0.2) is 4.79 Å². The molecular weight excluding hydrogens is 394 g/mol. The molecule has 2 aliphatic heterocycles. The van der Waals surface area contributed by atoms with Crippen molar-refractivity contribution in [3.05, 3.63) is 11.3 Å². The van der Waals surface area contributed by atoms with Gasteiger partial charge in [0.25, 0.3) is 0 Å². The van der Waals surface area contributed by atoms with E-state index in [1.54, 1.807) is 13.8 Å². The molecule has 0 bridgehead atoms. The zero-order valence-corrected chi connectivity index (χ0v) is 19.9. The van der Waals surface area contributed by atoms with Crippen LogP contribution in [0.5, 0.6) is 0 Å². The van der Waals surface area contributed by atoms with Gasteiger partial charge in [-0.3, -0.25) is 0 Å². The van der Waals surface area contributed by atoms with E-state index in [1.807, 2.05) is 0 Å². The summed E-state index contributed by atoms with van der Waals surface area (Å²) < 4.78 is 29.2. The summed E-state index contributed by atoms with van der Waals surface area (Å²) in [5, 5.41) is 18.5. The van der Waals surface area contributed by atoms with Crippen LogP contribution in [0.1, 0.15) is 41.5 Å². The van der Waals surface area contributed by atoms with Gasteiger partial charge in [0, 0.05) is 0 Å². The first kappa shape index (κ1) is 24.0. The predicted octanol–water partition coefficient (Wildman–Crippen LogP) is 3.32. The number of aliphatic hydroxyl groups is 1. The molecule has 2 heterocycles. The van der Waals surface area contributed by atoms with Gasteiger partial charge in [0.15, 0.2) is 14.1 Å². The van der Waals surface area contributed by atoms with E-state index < -0.39 is 44.5 Å². The van der Waals surface area contributed by atoms with Crippen molar-refractivity contribution < 1.29 is 33.3 Å². The molecule has 8 nitrogen and oxygen atoms in total. The quantitative estimate of drug-likeness (QED) is 0.219. The van der Waals surface area contributed by atoms with Gasteiger partial charge in [-0.1, -0.05) is 20.8 Å². The topological polar surface area (TPSA) is 107 Å². The second-order valence-corrected chi connectivity index (χ2v) is 14.4. The first-order valence-electron chi connectivity index (χ1n) is 9.83. The second kappa shape index (κ2) is 8.11. The molecule has 2 saturated heterocycles. The maximum atomic E-state index is 12.1. The third-order valence-electron chi connectivity index (χ3n) is 5.87. The van der Waals surface area contributed by atoms with Crippen LogP contribution in [0.3, 0.4) is 0 Å². The fraction of sp³-hybridized carbons (Fsp3) is 0.800. The fourth-order valence-corrected chi connectivity index (χ4v) is 4.27.